The van der Waals surface area contributed by atoms with Crippen molar-refractivity contribution in [2.45, 2.75) is 50.4 Å². The van der Waals surface area contributed by atoms with Gasteiger partial charge in [0.25, 0.3) is 0 Å². The lowest BCUT2D eigenvalue weighted by Gasteiger charge is -2.41. The number of aromatic nitrogens is 4. The van der Waals surface area contributed by atoms with Crippen LogP contribution in [0.25, 0.3) is 0 Å². The Morgan fingerprint density at radius 3 is 2.84 bits per heavy atom. The highest BCUT2D eigenvalue weighted by Crippen LogP contribution is 2.40. The minimum Gasteiger partial charge on any atom is -0.349 e. The van der Waals surface area contributed by atoms with Crippen LogP contribution >= 0.6 is 0 Å². The third-order valence-electron chi connectivity index (χ3n) is 4.95. The Bertz CT molecular complexity index is 764. The largest absolute Gasteiger partial charge is 0.349 e. The molecule has 2 amide bonds. The Labute approximate surface area is 145 Å². The first kappa shape index (κ1) is 15.9. The van der Waals surface area contributed by atoms with Gasteiger partial charge < -0.3 is 14.8 Å². The number of nitrogens with one attached hydrogen (secondary N) is 1. The van der Waals surface area contributed by atoms with E-state index in [9.17, 15) is 9.59 Å². The molecule has 0 bridgehead atoms. The molecule has 8 nitrogen and oxygen atoms in total. The topological polar surface area (TPSA) is 85.0 Å². The van der Waals surface area contributed by atoms with Crippen molar-refractivity contribution in [3.8, 4) is 0 Å². The molecule has 4 rings (SSSR count). The highest BCUT2D eigenvalue weighted by molar-refractivity contribution is 5.80. The van der Waals surface area contributed by atoms with Crippen molar-refractivity contribution in [2.75, 3.05) is 0 Å². The number of hydrogen-bond acceptors (Lipinski definition) is 4. The van der Waals surface area contributed by atoms with Crippen molar-refractivity contribution in [2.24, 2.45) is 7.05 Å². The fraction of sp³-hybridized carbons (Fsp3) is 0.529. The first-order valence-corrected chi connectivity index (χ1v) is 8.67. The number of carbonyl (C=O) groups excluding carboxylic acids is 2. The van der Waals surface area contributed by atoms with Gasteiger partial charge in [-0.3, -0.25) is 14.3 Å². The van der Waals surface area contributed by atoms with E-state index in [0.29, 0.717) is 18.9 Å². The Morgan fingerprint density at radius 2 is 2.20 bits per heavy atom. The number of hydrogen-bond donors (Lipinski definition) is 1. The van der Waals surface area contributed by atoms with Crippen molar-refractivity contribution >= 4 is 11.8 Å². The summed E-state index contributed by atoms with van der Waals surface area (Å²) in [4.78, 5) is 31.2. The van der Waals surface area contributed by atoms with Crippen LogP contribution in [0.3, 0.4) is 0 Å². The van der Waals surface area contributed by atoms with E-state index in [1.54, 1.807) is 35.7 Å². The summed E-state index contributed by atoms with van der Waals surface area (Å²) in [6.07, 6.45) is 10.1. The lowest BCUT2D eigenvalue weighted by molar-refractivity contribution is -0.140. The summed E-state index contributed by atoms with van der Waals surface area (Å²) in [5, 5.41) is 7.20. The molecule has 2 aromatic rings. The van der Waals surface area contributed by atoms with Gasteiger partial charge in [-0.1, -0.05) is 0 Å². The maximum atomic E-state index is 12.5. The normalized spacial score (nSPS) is 23.7. The molecule has 25 heavy (non-hydrogen) atoms. The third kappa shape index (κ3) is 3.16. The van der Waals surface area contributed by atoms with Crippen LogP contribution in [0.4, 0.5) is 0 Å². The van der Waals surface area contributed by atoms with Gasteiger partial charge in [0.1, 0.15) is 6.54 Å². The molecule has 3 heterocycles. The molecule has 1 saturated carbocycles. The summed E-state index contributed by atoms with van der Waals surface area (Å²) >= 11 is 0. The zero-order chi connectivity index (χ0) is 17.4. The summed E-state index contributed by atoms with van der Waals surface area (Å²) in [5.74, 6) is 0.0808. The van der Waals surface area contributed by atoms with Gasteiger partial charge in [0.2, 0.25) is 11.8 Å². The molecule has 1 aliphatic heterocycles. The van der Waals surface area contributed by atoms with Gasteiger partial charge in [-0.05, 0) is 25.3 Å². The van der Waals surface area contributed by atoms with Gasteiger partial charge in [0.05, 0.1) is 30.3 Å². The second-order valence-corrected chi connectivity index (χ2v) is 6.82. The lowest BCUT2D eigenvalue weighted by atomic mass is 9.92. The fourth-order valence-corrected chi connectivity index (χ4v) is 3.64. The number of nitrogens with zero attached hydrogens (tertiary/aromatic N) is 5. The van der Waals surface area contributed by atoms with E-state index >= 15 is 0 Å². The number of likely N-dealkylation sites (tertiary alicyclic amines) is 1. The molecule has 2 aromatic heterocycles. The van der Waals surface area contributed by atoms with Gasteiger partial charge in [0, 0.05) is 31.9 Å². The summed E-state index contributed by atoms with van der Waals surface area (Å²) < 4.78 is 3.53. The second kappa shape index (κ2) is 6.34. The SMILES string of the molecule is Cn1cncc1[C@H]1[C@H](NC(=O)Cn2cccn2)CCC(=O)N1C1CC1. The van der Waals surface area contributed by atoms with Crippen LogP contribution in [-0.2, 0) is 23.2 Å². The zero-order valence-corrected chi connectivity index (χ0v) is 14.2. The molecule has 2 atom stereocenters. The number of aryl methyl sites for hydroxylation is 1. The monoisotopic (exact) mass is 342 g/mol. The average Bonchev–Trinajstić information content (AvgIpc) is 3.12. The maximum Gasteiger partial charge on any atom is 0.242 e. The predicted molar refractivity (Wildman–Crippen MR) is 89.2 cm³/mol. The Kier molecular flexibility index (Phi) is 4.03. The number of amides is 2. The summed E-state index contributed by atoms with van der Waals surface area (Å²) in [6.45, 7) is 0.180. The van der Waals surface area contributed by atoms with E-state index in [1.807, 2.05) is 16.5 Å². The standard InChI is InChI=1S/C17H22N6O2/c1-21-11-18-9-14(21)17-13(5-6-16(25)23(17)12-3-4-12)20-15(24)10-22-8-2-7-19-22/h2,7-9,11-13,17H,3-6,10H2,1H3,(H,20,24)/t13-,17-/m1/s1. The smallest absolute Gasteiger partial charge is 0.242 e. The lowest BCUT2D eigenvalue weighted by Crippen LogP contribution is -2.53. The van der Waals surface area contributed by atoms with Crippen LogP contribution < -0.4 is 5.32 Å². The summed E-state index contributed by atoms with van der Waals surface area (Å²) in [7, 11) is 1.93. The first-order valence-electron chi connectivity index (χ1n) is 8.67. The Balaban J connectivity index is 1.57. The molecular formula is C17H22N6O2. The molecule has 2 fully saturated rings. The van der Waals surface area contributed by atoms with Gasteiger partial charge >= 0.3 is 0 Å². The van der Waals surface area contributed by atoms with E-state index in [4.69, 9.17) is 0 Å². The van der Waals surface area contributed by atoms with Crippen molar-refractivity contribution in [1.82, 2.24) is 29.5 Å². The minimum atomic E-state index is -0.164. The van der Waals surface area contributed by atoms with E-state index in [-0.39, 0.29) is 30.4 Å². The van der Waals surface area contributed by atoms with Gasteiger partial charge in [-0.25, -0.2) is 4.98 Å². The van der Waals surface area contributed by atoms with Crippen LogP contribution in [0.2, 0.25) is 0 Å². The third-order valence-corrected chi connectivity index (χ3v) is 4.95. The predicted octanol–water partition coefficient (Wildman–Crippen LogP) is 0.627. The number of rotatable bonds is 5. The van der Waals surface area contributed by atoms with Gasteiger partial charge in [-0.2, -0.15) is 5.10 Å². The highest BCUT2D eigenvalue weighted by atomic mass is 16.2. The quantitative estimate of drug-likeness (QED) is 0.863. The molecule has 0 unspecified atom stereocenters. The van der Waals surface area contributed by atoms with Crippen LogP contribution in [0, 0.1) is 0 Å². The summed E-state index contributed by atoms with van der Waals surface area (Å²) in [5.41, 5.74) is 0.962. The van der Waals surface area contributed by atoms with Crippen molar-refractivity contribution in [3.63, 3.8) is 0 Å². The maximum absolute atomic E-state index is 12.5. The molecular weight excluding hydrogens is 320 g/mol. The molecule has 0 aromatic carbocycles. The average molecular weight is 342 g/mol. The Morgan fingerprint density at radius 1 is 1.36 bits per heavy atom. The fourth-order valence-electron chi connectivity index (χ4n) is 3.64. The second-order valence-electron chi connectivity index (χ2n) is 6.82. The van der Waals surface area contributed by atoms with Gasteiger partial charge in [-0.15, -0.1) is 0 Å². The number of carbonyl (C=O) groups is 2. The molecule has 0 radical (unpaired) electrons. The van der Waals surface area contributed by atoms with Crippen molar-refractivity contribution < 1.29 is 9.59 Å². The van der Waals surface area contributed by atoms with Crippen molar-refractivity contribution in [3.05, 3.63) is 36.7 Å². The highest BCUT2D eigenvalue weighted by Gasteiger charge is 2.45. The van der Waals surface area contributed by atoms with Crippen LogP contribution in [-0.4, -0.2) is 48.1 Å². The first-order chi connectivity index (χ1) is 12.1. The number of piperidine rings is 1. The van der Waals surface area contributed by atoms with E-state index in [1.165, 1.54) is 0 Å². The molecule has 1 N–H and O–H groups in total. The van der Waals surface area contributed by atoms with Crippen molar-refractivity contribution in [1.29, 1.82) is 0 Å². The molecule has 0 spiro atoms. The Hall–Kier alpha value is -2.64. The molecule has 1 aliphatic carbocycles. The molecule has 2 aliphatic rings. The molecule has 1 saturated heterocycles. The van der Waals surface area contributed by atoms with E-state index in [2.05, 4.69) is 15.4 Å². The van der Waals surface area contributed by atoms with E-state index < -0.39 is 0 Å². The minimum absolute atomic E-state index is 0.0917. The van der Waals surface area contributed by atoms with Crippen LogP contribution in [0.5, 0.6) is 0 Å². The summed E-state index contributed by atoms with van der Waals surface area (Å²) in [6, 6.07) is 1.80. The molecule has 8 heteroatoms. The molecule has 132 valence electrons. The number of imidazole rings is 1. The van der Waals surface area contributed by atoms with Gasteiger partial charge in [0.15, 0.2) is 0 Å². The zero-order valence-electron chi connectivity index (χ0n) is 14.2. The van der Waals surface area contributed by atoms with E-state index in [0.717, 1.165) is 18.5 Å². The van der Waals surface area contributed by atoms with Crippen LogP contribution in [0.1, 0.15) is 37.4 Å². The van der Waals surface area contributed by atoms with Crippen LogP contribution in [0.15, 0.2) is 31.0 Å².